The average molecular weight is 193 g/mol. The lowest BCUT2D eigenvalue weighted by molar-refractivity contribution is -0.119. The van der Waals surface area contributed by atoms with Crippen LogP contribution in [-0.2, 0) is 9.63 Å². The lowest BCUT2D eigenvalue weighted by Crippen LogP contribution is -2.07. The molecule has 0 aliphatic rings. The van der Waals surface area contributed by atoms with Crippen molar-refractivity contribution in [2.45, 2.75) is 19.8 Å². The van der Waals surface area contributed by atoms with Crippen LogP contribution in [0.25, 0.3) is 0 Å². The smallest absolute Gasteiger partial charge is 0.135 e. The monoisotopic (exact) mass is 193 g/mol. The summed E-state index contributed by atoms with van der Waals surface area (Å²) in [6, 6.07) is 9.58. The zero-order valence-corrected chi connectivity index (χ0v) is 8.32. The molecule has 14 heavy (non-hydrogen) atoms. The Hall–Kier alpha value is -1.35. The summed E-state index contributed by atoms with van der Waals surface area (Å²) in [6.07, 6.45) is 1.05. The first-order valence-electron chi connectivity index (χ1n) is 4.77. The number of benzene rings is 1. The van der Waals surface area contributed by atoms with E-state index in [1.54, 1.807) is 0 Å². The standard InChI is InChI=1S/C11H15NO2/c1-2-11(13)8-9-14-12-10-6-4-3-5-7-10/h3-7,12H,2,8-9H2,1H3. The van der Waals surface area contributed by atoms with Gasteiger partial charge in [-0.3, -0.25) is 15.1 Å². The summed E-state index contributed by atoms with van der Waals surface area (Å²) < 4.78 is 0. The summed E-state index contributed by atoms with van der Waals surface area (Å²) in [5, 5.41) is 0. The maximum absolute atomic E-state index is 10.9. The fourth-order valence-corrected chi connectivity index (χ4v) is 0.982. The van der Waals surface area contributed by atoms with Crippen molar-refractivity contribution >= 4 is 11.5 Å². The Morgan fingerprint density at radius 2 is 2.07 bits per heavy atom. The van der Waals surface area contributed by atoms with E-state index in [2.05, 4.69) is 5.48 Å². The predicted octanol–water partition coefficient (Wildman–Crippen LogP) is 2.40. The molecule has 0 radical (unpaired) electrons. The maximum Gasteiger partial charge on any atom is 0.135 e. The number of ketones is 1. The molecule has 0 unspecified atom stereocenters. The zero-order valence-electron chi connectivity index (χ0n) is 8.32. The van der Waals surface area contributed by atoms with Crippen molar-refractivity contribution in [3.8, 4) is 0 Å². The number of para-hydroxylation sites is 1. The van der Waals surface area contributed by atoms with E-state index in [9.17, 15) is 4.79 Å². The minimum atomic E-state index is 0.222. The molecule has 1 aromatic carbocycles. The third kappa shape index (κ3) is 4.05. The molecule has 0 heterocycles. The highest BCUT2D eigenvalue weighted by Crippen LogP contribution is 2.04. The van der Waals surface area contributed by atoms with Crippen molar-refractivity contribution in [3.63, 3.8) is 0 Å². The molecule has 1 N–H and O–H groups in total. The molecule has 0 fully saturated rings. The van der Waals surface area contributed by atoms with E-state index in [1.807, 2.05) is 37.3 Å². The van der Waals surface area contributed by atoms with Crippen LogP contribution in [0.5, 0.6) is 0 Å². The number of hydrogen-bond donors (Lipinski definition) is 1. The lowest BCUT2D eigenvalue weighted by Gasteiger charge is -2.05. The first-order valence-corrected chi connectivity index (χ1v) is 4.77. The highest BCUT2D eigenvalue weighted by molar-refractivity contribution is 5.78. The molecule has 0 aliphatic heterocycles. The van der Waals surface area contributed by atoms with Gasteiger partial charge in [-0.1, -0.05) is 25.1 Å². The van der Waals surface area contributed by atoms with Crippen molar-refractivity contribution in [2.75, 3.05) is 12.1 Å². The minimum Gasteiger partial charge on any atom is -0.300 e. The number of Topliss-reactive ketones (excluding diaryl/α,β-unsaturated/α-hetero) is 1. The largest absolute Gasteiger partial charge is 0.300 e. The number of carbonyl (C=O) groups excluding carboxylic acids is 1. The highest BCUT2D eigenvalue weighted by Gasteiger charge is 1.97. The van der Waals surface area contributed by atoms with E-state index in [-0.39, 0.29) is 5.78 Å². The van der Waals surface area contributed by atoms with Gasteiger partial charge in [0.15, 0.2) is 0 Å². The van der Waals surface area contributed by atoms with E-state index >= 15 is 0 Å². The van der Waals surface area contributed by atoms with Crippen molar-refractivity contribution in [3.05, 3.63) is 30.3 Å². The Balaban J connectivity index is 2.13. The number of hydrogen-bond acceptors (Lipinski definition) is 3. The van der Waals surface area contributed by atoms with Gasteiger partial charge in [-0.2, -0.15) is 0 Å². The van der Waals surface area contributed by atoms with Gasteiger partial charge >= 0.3 is 0 Å². The minimum absolute atomic E-state index is 0.222. The van der Waals surface area contributed by atoms with Gasteiger partial charge in [0.25, 0.3) is 0 Å². The molecule has 0 atom stereocenters. The molecular formula is C11H15NO2. The summed E-state index contributed by atoms with van der Waals surface area (Å²) in [5.74, 6) is 0.222. The van der Waals surface area contributed by atoms with Gasteiger partial charge < -0.3 is 0 Å². The third-order valence-electron chi connectivity index (χ3n) is 1.84. The van der Waals surface area contributed by atoms with Gasteiger partial charge in [-0.25, -0.2) is 0 Å². The van der Waals surface area contributed by atoms with Crippen LogP contribution in [0.1, 0.15) is 19.8 Å². The Morgan fingerprint density at radius 3 is 2.71 bits per heavy atom. The van der Waals surface area contributed by atoms with Gasteiger partial charge in [-0.05, 0) is 12.1 Å². The van der Waals surface area contributed by atoms with E-state index < -0.39 is 0 Å². The molecule has 0 saturated heterocycles. The summed E-state index contributed by atoms with van der Waals surface area (Å²) in [7, 11) is 0. The van der Waals surface area contributed by atoms with Crippen LogP contribution in [0.3, 0.4) is 0 Å². The molecule has 0 aliphatic carbocycles. The van der Waals surface area contributed by atoms with E-state index in [0.717, 1.165) is 5.69 Å². The second-order valence-corrected chi connectivity index (χ2v) is 2.96. The van der Waals surface area contributed by atoms with Gasteiger partial charge in [0.2, 0.25) is 0 Å². The molecule has 0 bridgehead atoms. The van der Waals surface area contributed by atoms with E-state index in [1.165, 1.54) is 0 Å². The van der Waals surface area contributed by atoms with Crippen LogP contribution in [0, 0.1) is 0 Å². The Morgan fingerprint density at radius 1 is 1.36 bits per heavy atom. The Bertz CT molecular complexity index is 272. The van der Waals surface area contributed by atoms with Crippen molar-refractivity contribution in [1.29, 1.82) is 0 Å². The second-order valence-electron chi connectivity index (χ2n) is 2.96. The van der Waals surface area contributed by atoms with Crippen molar-refractivity contribution < 1.29 is 9.63 Å². The van der Waals surface area contributed by atoms with Crippen LogP contribution >= 0.6 is 0 Å². The molecular weight excluding hydrogens is 178 g/mol. The topological polar surface area (TPSA) is 38.3 Å². The molecule has 3 nitrogen and oxygen atoms in total. The van der Waals surface area contributed by atoms with Crippen LogP contribution in [-0.4, -0.2) is 12.4 Å². The molecule has 1 rings (SSSR count). The van der Waals surface area contributed by atoms with Gasteiger partial charge in [-0.15, -0.1) is 0 Å². The summed E-state index contributed by atoms with van der Waals surface area (Å²) in [5.41, 5.74) is 3.67. The third-order valence-corrected chi connectivity index (χ3v) is 1.84. The summed E-state index contributed by atoms with van der Waals surface area (Å²) >= 11 is 0. The van der Waals surface area contributed by atoms with Crippen LogP contribution in [0.2, 0.25) is 0 Å². The molecule has 0 spiro atoms. The molecule has 76 valence electrons. The van der Waals surface area contributed by atoms with Crippen LogP contribution < -0.4 is 5.48 Å². The second kappa shape index (κ2) is 6.16. The fourth-order valence-electron chi connectivity index (χ4n) is 0.982. The van der Waals surface area contributed by atoms with E-state index in [4.69, 9.17) is 4.84 Å². The molecule has 1 aromatic rings. The van der Waals surface area contributed by atoms with Crippen LogP contribution in [0.4, 0.5) is 5.69 Å². The fraction of sp³-hybridized carbons (Fsp3) is 0.364. The lowest BCUT2D eigenvalue weighted by atomic mass is 10.2. The predicted molar refractivity (Wildman–Crippen MR) is 55.9 cm³/mol. The maximum atomic E-state index is 10.9. The number of carbonyl (C=O) groups is 1. The first kappa shape index (κ1) is 10.7. The molecule has 0 saturated carbocycles. The quantitative estimate of drug-likeness (QED) is 0.557. The molecule has 3 heteroatoms. The number of rotatable bonds is 6. The normalized spacial score (nSPS) is 9.79. The molecule has 0 aromatic heterocycles. The van der Waals surface area contributed by atoms with Gasteiger partial charge in [0, 0.05) is 12.8 Å². The average Bonchev–Trinajstić information content (AvgIpc) is 2.25. The van der Waals surface area contributed by atoms with Crippen LogP contribution in [0.15, 0.2) is 30.3 Å². The SMILES string of the molecule is CCC(=O)CCONc1ccccc1. The Kier molecular flexibility index (Phi) is 4.72. The first-order chi connectivity index (χ1) is 6.83. The summed E-state index contributed by atoms with van der Waals surface area (Å²) in [6.45, 7) is 2.27. The van der Waals surface area contributed by atoms with Crippen molar-refractivity contribution in [1.82, 2.24) is 0 Å². The highest BCUT2D eigenvalue weighted by atomic mass is 16.6. The van der Waals surface area contributed by atoms with Gasteiger partial charge in [0.1, 0.15) is 5.78 Å². The van der Waals surface area contributed by atoms with Gasteiger partial charge in [0.05, 0.1) is 12.3 Å². The Labute approximate surface area is 84.0 Å². The number of anilines is 1. The van der Waals surface area contributed by atoms with Crippen molar-refractivity contribution in [2.24, 2.45) is 0 Å². The van der Waals surface area contributed by atoms with E-state index in [0.29, 0.717) is 19.4 Å². The summed E-state index contributed by atoms with van der Waals surface area (Å²) in [4.78, 5) is 16.0. The zero-order chi connectivity index (χ0) is 10.2. The molecule has 0 amide bonds. The number of nitrogens with one attached hydrogen (secondary N) is 1.